The predicted octanol–water partition coefficient (Wildman–Crippen LogP) is 1.89. The highest BCUT2D eigenvalue weighted by Crippen LogP contribution is 2.31. The summed E-state index contributed by atoms with van der Waals surface area (Å²) in [6, 6.07) is 5.15. The molecule has 13 heteroatoms. The number of hydrogen-bond acceptors (Lipinski definition) is 8. The summed E-state index contributed by atoms with van der Waals surface area (Å²) in [5, 5.41) is 11.7. The lowest BCUT2D eigenvalue weighted by Crippen LogP contribution is -2.50. The Morgan fingerprint density at radius 3 is 2.95 bits per heavy atom. The van der Waals surface area contributed by atoms with Crippen molar-refractivity contribution in [2.45, 2.75) is 44.3 Å². The Labute approximate surface area is 223 Å². The van der Waals surface area contributed by atoms with Gasteiger partial charge in [0.2, 0.25) is 5.91 Å². The number of amides is 2. The van der Waals surface area contributed by atoms with E-state index in [1.165, 1.54) is 6.33 Å². The number of nitrogens with zero attached hydrogens (tertiary/aromatic N) is 6. The van der Waals surface area contributed by atoms with Crippen LogP contribution in [0.25, 0.3) is 11.2 Å². The van der Waals surface area contributed by atoms with Crippen molar-refractivity contribution < 1.29 is 19.4 Å². The van der Waals surface area contributed by atoms with Crippen LogP contribution in [0.3, 0.4) is 0 Å². The summed E-state index contributed by atoms with van der Waals surface area (Å²) < 4.78 is 6.40. The molecule has 3 aromatic heterocycles. The maximum atomic E-state index is 13.4. The van der Waals surface area contributed by atoms with Gasteiger partial charge >= 0.3 is 6.09 Å². The first-order valence-corrected chi connectivity index (χ1v) is 13.0. The van der Waals surface area contributed by atoms with Gasteiger partial charge in [0, 0.05) is 37.8 Å². The summed E-state index contributed by atoms with van der Waals surface area (Å²) in [5.74, 6) is 1.25. The third kappa shape index (κ3) is 5.07. The molecular formula is C26H29N9O4. The largest absolute Gasteiger partial charge is 0.491 e. The smallest absolute Gasteiger partial charge is 0.405 e. The lowest BCUT2D eigenvalue weighted by Gasteiger charge is -2.33. The number of aromatic nitrogens is 6. The number of carboxylic acid groups (broad SMARTS) is 1. The normalized spacial score (nSPS) is 17.7. The zero-order valence-corrected chi connectivity index (χ0v) is 21.2. The number of benzene rings is 1. The summed E-state index contributed by atoms with van der Waals surface area (Å²) in [6.07, 6.45) is 7.90. The molecule has 0 radical (unpaired) electrons. The van der Waals surface area contributed by atoms with Gasteiger partial charge in [0.25, 0.3) is 0 Å². The van der Waals surface area contributed by atoms with E-state index in [1.54, 1.807) is 23.8 Å². The van der Waals surface area contributed by atoms with E-state index in [-0.39, 0.29) is 18.4 Å². The first kappa shape index (κ1) is 24.6. The van der Waals surface area contributed by atoms with Crippen molar-refractivity contribution in [1.82, 2.24) is 40.1 Å². The molecule has 5 heterocycles. The molecule has 13 nitrogen and oxygen atoms in total. The average Bonchev–Trinajstić information content (AvgIpc) is 3.72. The molecule has 6 rings (SSSR count). The molecule has 2 atom stereocenters. The van der Waals surface area contributed by atoms with E-state index in [1.807, 2.05) is 12.1 Å². The van der Waals surface area contributed by atoms with Gasteiger partial charge in [-0.3, -0.25) is 4.79 Å². The third-order valence-electron chi connectivity index (χ3n) is 7.38. The molecular weight excluding hydrogens is 502 g/mol. The first-order valence-electron chi connectivity index (χ1n) is 13.0. The minimum Gasteiger partial charge on any atom is -0.491 e. The van der Waals surface area contributed by atoms with Crippen LogP contribution < -0.4 is 15.0 Å². The minimum absolute atomic E-state index is 0.120. The van der Waals surface area contributed by atoms with Gasteiger partial charge in [0.15, 0.2) is 11.5 Å². The summed E-state index contributed by atoms with van der Waals surface area (Å²) in [7, 11) is 0. The molecule has 202 valence electrons. The Bertz CT molecular complexity index is 1470. The van der Waals surface area contributed by atoms with Gasteiger partial charge in [-0.25, -0.2) is 24.7 Å². The van der Waals surface area contributed by atoms with Gasteiger partial charge in [-0.15, -0.1) is 0 Å². The molecule has 1 aromatic carbocycles. The number of nitrogens with one attached hydrogen (secondary N) is 3. The number of carbonyl (C=O) groups excluding carboxylic acids is 1. The average molecular weight is 532 g/mol. The fourth-order valence-electron chi connectivity index (χ4n) is 5.49. The van der Waals surface area contributed by atoms with Crippen molar-refractivity contribution in [2.24, 2.45) is 0 Å². The van der Waals surface area contributed by atoms with Crippen molar-refractivity contribution in [1.29, 1.82) is 0 Å². The predicted molar refractivity (Wildman–Crippen MR) is 140 cm³/mol. The number of imidazole rings is 2. The van der Waals surface area contributed by atoms with Crippen LogP contribution in [0.5, 0.6) is 5.75 Å². The van der Waals surface area contributed by atoms with Crippen molar-refractivity contribution in [2.75, 3.05) is 24.6 Å². The topological polar surface area (TPSA) is 165 Å². The Hall–Kier alpha value is -4.68. The Balaban J connectivity index is 1.17. The first-order chi connectivity index (χ1) is 19.1. The Morgan fingerprint density at radius 1 is 1.18 bits per heavy atom. The Morgan fingerprint density at radius 2 is 2.10 bits per heavy atom. The summed E-state index contributed by atoms with van der Waals surface area (Å²) >= 11 is 0. The van der Waals surface area contributed by atoms with Crippen LogP contribution in [0, 0.1) is 0 Å². The molecule has 2 amide bonds. The monoisotopic (exact) mass is 531 g/mol. The van der Waals surface area contributed by atoms with E-state index in [4.69, 9.17) is 4.74 Å². The quantitative estimate of drug-likeness (QED) is 0.266. The highest BCUT2D eigenvalue weighted by atomic mass is 16.5. The summed E-state index contributed by atoms with van der Waals surface area (Å²) in [5.41, 5.74) is 4.14. The Kier molecular flexibility index (Phi) is 6.69. The number of fused-ring (bicyclic) bond motifs is 2. The molecule has 4 aromatic rings. The lowest BCUT2D eigenvalue weighted by molar-refractivity contribution is -0.134. The van der Waals surface area contributed by atoms with Crippen LogP contribution in [0.4, 0.5) is 10.6 Å². The van der Waals surface area contributed by atoms with Gasteiger partial charge in [0.1, 0.15) is 30.2 Å². The van der Waals surface area contributed by atoms with E-state index in [2.05, 4.69) is 46.2 Å². The number of H-pyrrole nitrogens is 2. The number of carbonyl (C=O) groups is 2. The molecule has 39 heavy (non-hydrogen) atoms. The molecule has 0 bridgehead atoms. The highest BCUT2D eigenvalue weighted by Gasteiger charge is 2.32. The number of aromatic amines is 2. The molecule has 2 aliphatic heterocycles. The highest BCUT2D eigenvalue weighted by molar-refractivity contribution is 5.86. The molecule has 0 aliphatic carbocycles. The van der Waals surface area contributed by atoms with Crippen molar-refractivity contribution in [3.05, 3.63) is 60.2 Å². The SMILES string of the molecule is O=C(O)NC(Cc1c[nH]cn1)C(=O)N1CCc2cccc(OCC3CCCN3c3ncnc4[nH]cnc34)c2C1. The third-order valence-corrected chi connectivity index (χ3v) is 7.38. The molecule has 1 fully saturated rings. The second-order valence-electron chi connectivity index (χ2n) is 9.77. The van der Waals surface area contributed by atoms with Gasteiger partial charge in [0.05, 0.1) is 24.4 Å². The molecule has 1 saturated heterocycles. The van der Waals surface area contributed by atoms with E-state index < -0.39 is 12.1 Å². The van der Waals surface area contributed by atoms with E-state index in [0.29, 0.717) is 37.5 Å². The standard InChI is InChI=1S/C26H29N9O4/c36-25(20(33-26(37)38)9-17-10-27-13-28-17)34-8-6-16-3-1-5-21(19(16)11-34)39-12-18-4-2-7-35(18)24-22-23(30-14-29-22)31-15-32-24/h1,3,5,10,13-15,18,20,33H,2,4,6-9,11-12H2,(H,27,28)(H,37,38)(H,29,30,31,32). The maximum absolute atomic E-state index is 13.4. The maximum Gasteiger partial charge on any atom is 0.405 e. The summed E-state index contributed by atoms with van der Waals surface area (Å²) in [6.45, 7) is 2.16. The minimum atomic E-state index is -1.25. The fourth-order valence-corrected chi connectivity index (χ4v) is 5.49. The molecule has 2 unspecified atom stereocenters. The van der Waals surface area contributed by atoms with Crippen LogP contribution >= 0.6 is 0 Å². The van der Waals surface area contributed by atoms with Crippen LogP contribution in [-0.4, -0.2) is 83.7 Å². The van der Waals surface area contributed by atoms with Crippen molar-refractivity contribution in [3.8, 4) is 5.75 Å². The molecule has 0 saturated carbocycles. The van der Waals surface area contributed by atoms with Gasteiger partial charge in [-0.1, -0.05) is 12.1 Å². The van der Waals surface area contributed by atoms with Crippen molar-refractivity contribution >= 4 is 29.0 Å². The van der Waals surface area contributed by atoms with Gasteiger partial charge in [-0.2, -0.15) is 0 Å². The van der Waals surface area contributed by atoms with Crippen LogP contribution in [0.1, 0.15) is 29.7 Å². The van der Waals surface area contributed by atoms with Gasteiger partial charge in [-0.05, 0) is 30.9 Å². The van der Waals surface area contributed by atoms with Crippen LogP contribution in [0.2, 0.25) is 0 Å². The van der Waals surface area contributed by atoms with Gasteiger partial charge < -0.3 is 34.9 Å². The number of hydrogen-bond donors (Lipinski definition) is 4. The molecule has 4 N–H and O–H groups in total. The van der Waals surface area contributed by atoms with Crippen LogP contribution in [-0.2, 0) is 24.2 Å². The number of rotatable bonds is 8. The number of ether oxygens (including phenoxy) is 1. The number of anilines is 1. The van der Waals surface area contributed by atoms with E-state index in [0.717, 1.165) is 47.6 Å². The van der Waals surface area contributed by atoms with Crippen LogP contribution in [0.15, 0.2) is 43.4 Å². The zero-order valence-electron chi connectivity index (χ0n) is 21.2. The van der Waals surface area contributed by atoms with E-state index >= 15 is 0 Å². The molecule has 2 aliphatic rings. The second-order valence-corrected chi connectivity index (χ2v) is 9.77. The molecule has 0 spiro atoms. The zero-order chi connectivity index (χ0) is 26.8. The van der Waals surface area contributed by atoms with E-state index in [9.17, 15) is 14.7 Å². The van der Waals surface area contributed by atoms with Crippen molar-refractivity contribution in [3.63, 3.8) is 0 Å². The second kappa shape index (κ2) is 10.6. The lowest BCUT2D eigenvalue weighted by atomic mass is 9.97. The summed E-state index contributed by atoms with van der Waals surface area (Å²) in [4.78, 5) is 52.0. The fraction of sp³-hybridized carbons (Fsp3) is 0.385.